The van der Waals surface area contributed by atoms with Crippen molar-refractivity contribution in [3.8, 4) is 29.8 Å². The average Bonchev–Trinajstić information content (AvgIpc) is 2.72. The van der Waals surface area contributed by atoms with Crippen molar-refractivity contribution >= 4 is 0 Å². The molecule has 158 valence electrons. The third-order valence-corrected chi connectivity index (χ3v) is 4.44. The number of nitrogens with zero attached hydrogens (tertiary/aromatic N) is 1. The molecule has 0 amide bonds. The number of hydrogen-bond acceptors (Lipinski definition) is 1. The highest BCUT2D eigenvalue weighted by molar-refractivity contribution is 5.50. The summed E-state index contributed by atoms with van der Waals surface area (Å²) in [5.74, 6) is 4.69. The minimum atomic E-state index is -1.13. The molecule has 0 saturated carbocycles. The molecule has 0 bridgehead atoms. The molecule has 0 aliphatic rings. The molecule has 0 radical (unpaired) electrons. The summed E-state index contributed by atoms with van der Waals surface area (Å²) in [7, 11) is 0. The summed E-state index contributed by atoms with van der Waals surface area (Å²) in [5, 5.41) is 8.67. The predicted octanol–water partition coefficient (Wildman–Crippen LogP) is 6.01. The zero-order valence-electron chi connectivity index (χ0n) is 16.8. The number of rotatable bonds is 2. The summed E-state index contributed by atoms with van der Waals surface area (Å²) in [6, 6.07) is 9.46. The molecule has 3 aromatic carbocycles. The van der Waals surface area contributed by atoms with Crippen LogP contribution in [-0.4, -0.2) is 0 Å². The molecule has 0 N–H and O–H groups in total. The topological polar surface area (TPSA) is 23.8 Å². The van der Waals surface area contributed by atoms with E-state index in [0.717, 1.165) is 42.7 Å². The lowest BCUT2D eigenvalue weighted by atomic mass is 10.1. The molecule has 0 heterocycles. The van der Waals surface area contributed by atoms with E-state index >= 15 is 0 Å². The molecule has 1 nitrogen and oxygen atoms in total. The van der Waals surface area contributed by atoms with Crippen molar-refractivity contribution in [3.05, 3.63) is 105 Å². The number of hydrogen-bond donors (Lipinski definition) is 0. The molecule has 32 heavy (non-hydrogen) atoms. The molecular formula is C26H14F5N. The Morgan fingerprint density at radius 1 is 0.656 bits per heavy atom. The van der Waals surface area contributed by atoms with E-state index in [2.05, 4.69) is 23.7 Å². The summed E-state index contributed by atoms with van der Waals surface area (Å²) in [5.41, 5.74) is -0.679. The maximum Gasteiger partial charge on any atom is 0.145 e. The Bertz CT molecular complexity index is 1310. The lowest BCUT2D eigenvalue weighted by Gasteiger charge is -2.01. The van der Waals surface area contributed by atoms with Crippen LogP contribution in [-0.2, 0) is 6.42 Å². The van der Waals surface area contributed by atoms with Gasteiger partial charge in [0.15, 0.2) is 0 Å². The Labute approximate surface area is 182 Å². The highest BCUT2D eigenvalue weighted by Crippen LogP contribution is 2.17. The van der Waals surface area contributed by atoms with Gasteiger partial charge in [0, 0.05) is 11.1 Å². The Morgan fingerprint density at radius 3 is 1.69 bits per heavy atom. The molecule has 6 heteroatoms. The van der Waals surface area contributed by atoms with Gasteiger partial charge in [-0.3, -0.25) is 0 Å². The van der Waals surface area contributed by atoms with Crippen LogP contribution in [0.3, 0.4) is 0 Å². The van der Waals surface area contributed by atoms with Crippen LogP contribution < -0.4 is 0 Å². The van der Waals surface area contributed by atoms with Gasteiger partial charge in [-0.25, -0.2) is 22.0 Å². The fourth-order valence-corrected chi connectivity index (χ4v) is 2.90. The third-order valence-electron chi connectivity index (χ3n) is 4.44. The number of nitriles is 1. The normalized spacial score (nSPS) is 9.91. The van der Waals surface area contributed by atoms with Gasteiger partial charge in [0.2, 0.25) is 0 Å². The highest BCUT2D eigenvalue weighted by atomic mass is 19.1. The van der Waals surface area contributed by atoms with Gasteiger partial charge in [0.1, 0.15) is 40.7 Å². The van der Waals surface area contributed by atoms with Crippen LogP contribution in [0.4, 0.5) is 22.0 Å². The molecule has 0 unspecified atom stereocenters. The Balaban J connectivity index is 1.89. The molecule has 0 atom stereocenters. The van der Waals surface area contributed by atoms with Crippen LogP contribution in [0.5, 0.6) is 0 Å². The second-order valence-electron chi connectivity index (χ2n) is 6.81. The van der Waals surface area contributed by atoms with E-state index in [9.17, 15) is 22.0 Å². The lowest BCUT2D eigenvalue weighted by molar-refractivity contribution is 0.576. The van der Waals surface area contributed by atoms with Crippen molar-refractivity contribution in [2.45, 2.75) is 19.8 Å². The van der Waals surface area contributed by atoms with Gasteiger partial charge < -0.3 is 0 Å². The smallest absolute Gasteiger partial charge is 0.145 e. The minimum absolute atomic E-state index is 0.0296. The molecule has 3 rings (SSSR count). The first-order chi connectivity index (χ1) is 15.3. The summed E-state index contributed by atoms with van der Waals surface area (Å²) in [4.78, 5) is 0. The number of halogens is 5. The second-order valence-corrected chi connectivity index (χ2v) is 6.81. The summed E-state index contributed by atoms with van der Waals surface area (Å²) in [6.07, 6.45) is 1.60. The van der Waals surface area contributed by atoms with Crippen molar-refractivity contribution < 1.29 is 22.0 Å². The van der Waals surface area contributed by atoms with Crippen LogP contribution >= 0.6 is 0 Å². The van der Waals surface area contributed by atoms with Gasteiger partial charge in [-0.15, -0.1) is 0 Å². The minimum Gasteiger partial charge on any atom is -0.206 e. The summed E-state index contributed by atoms with van der Waals surface area (Å²) >= 11 is 0. The summed E-state index contributed by atoms with van der Waals surface area (Å²) < 4.78 is 70.1. The van der Waals surface area contributed by atoms with Gasteiger partial charge in [0.05, 0.1) is 11.1 Å². The molecule has 0 fully saturated rings. The van der Waals surface area contributed by atoms with E-state index in [1.165, 1.54) is 18.2 Å². The molecule has 0 saturated heterocycles. The standard InChI is InChI=1S/C26H14F5N/c1-2-3-16-4-7-19(22(27)10-16)8-5-17-11-23(28)20(24(29)12-17)9-6-18-13-25(30)21(15-32)26(31)14-18/h4,7,10-14H,2-3H2,1H3. The van der Waals surface area contributed by atoms with E-state index in [1.54, 1.807) is 6.07 Å². The van der Waals surface area contributed by atoms with Crippen LogP contribution in [0.2, 0.25) is 0 Å². The van der Waals surface area contributed by atoms with E-state index in [-0.39, 0.29) is 16.7 Å². The fourth-order valence-electron chi connectivity index (χ4n) is 2.90. The van der Waals surface area contributed by atoms with Crippen molar-refractivity contribution in [2.75, 3.05) is 0 Å². The third kappa shape index (κ3) is 5.15. The first-order valence-corrected chi connectivity index (χ1v) is 9.53. The van der Waals surface area contributed by atoms with E-state index in [0.29, 0.717) is 0 Å². The van der Waals surface area contributed by atoms with Crippen molar-refractivity contribution in [1.82, 2.24) is 0 Å². The van der Waals surface area contributed by atoms with Crippen molar-refractivity contribution in [1.29, 1.82) is 5.26 Å². The lowest BCUT2D eigenvalue weighted by Crippen LogP contribution is -1.94. The van der Waals surface area contributed by atoms with Gasteiger partial charge in [-0.1, -0.05) is 43.1 Å². The number of aryl methyl sites for hydroxylation is 1. The molecule has 0 aromatic heterocycles. The largest absolute Gasteiger partial charge is 0.206 e. The molecule has 3 aromatic rings. The SMILES string of the molecule is CCCc1ccc(C#Cc2cc(F)c(C#Cc3cc(F)c(C#N)c(F)c3)c(F)c2)c(F)c1. The predicted molar refractivity (Wildman–Crippen MR) is 110 cm³/mol. The van der Waals surface area contributed by atoms with Crippen molar-refractivity contribution in [3.63, 3.8) is 0 Å². The Hall–Kier alpha value is -4.08. The second kappa shape index (κ2) is 9.82. The first kappa shape index (κ1) is 22.6. The molecular weight excluding hydrogens is 421 g/mol. The Kier molecular flexibility index (Phi) is 6.93. The average molecular weight is 435 g/mol. The maximum atomic E-state index is 14.4. The summed E-state index contributed by atoms with van der Waals surface area (Å²) in [6.45, 7) is 1.98. The van der Waals surface area contributed by atoms with Crippen LogP contribution in [0.15, 0.2) is 42.5 Å². The van der Waals surface area contributed by atoms with Gasteiger partial charge in [-0.2, -0.15) is 5.26 Å². The monoisotopic (exact) mass is 435 g/mol. The molecule has 0 aliphatic heterocycles. The van der Waals surface area contributed by atoms with E-state index in [4.69, 9.17) is 5.26 Å². The van der Waals surface area contributed by atoms with Crippen LogP contribution in [0.1, 0.15) is 46.7 Å². The maximum absolute atomic E-state index is 14.4. The quantitative estimate of drug-likeness (QED) is 0.358. The van der Waals surface area contributed by atoms with Gasteiger partial charge in [-0.05, 0) is 48.4 Å². The van der Waals surface area contributed by atoms with Crippen molar-refractivity contribution in [2.24, 2.45) is 0 Å². The molecule has 0 spiro atoms. The van der Waals surface area contributed by atoms with Gasteiger partial charge >= 0.3 is 0 Å². The van der Waals surface area contributed by atoms with E-state index < -0.39 is 40.2 Å². The van der Waals surface area contributed by atoms with Crippen LogP contribution in [0.25, 0.3) is 0 Å². The zero-order valence-corrected chi connectivity index (χ0v) is 16.8. The highest BCUT2D eigenvalue weighted by Gasteiger charge is 2.11. The molecule has 0 aliphatic carbocycles. The zero-order chi connectivity index (χ0) is 23.3. The Morgan fingerprint density at radius 2 is 1.19 bits per heavy atom. The van der Waals surface area contributed by atoms with E-state index in [1.807, 2.05) is 6.92 Å². The van der Waals surface area contributed by atoms with Gasteiger partial charge in [0.25, 0.3) is 0 Å². The first-order valence-electron chi connectivity index (χ1n) is 9.53. The number of benzene rings is 3. The fraction of sp³-hybridized carbons (Fsp3) is 0.115. The van der Waals surface area contributed by atoms with Crippen LogP contribution in [0, 0.1) is 64.1 Å².